The highest BCUT2D eigenvalue weighted by Crippen LogP contribution is 2.32. The van der Waals surface area contributed by atoms with Gasteiger partial charge in [0, 0.05) is 19.4 Å². The number of benzene rings is 1. The molecule has 1 amide bonds. The molecule has 6 heteroatoms. The summed E-state index contributed by atoms with van der Waals surface area (Å²) in [7, 11) is 0. The van der Waals surface area contributed by atoms with Crippen LogP contribution in [0.5, 0.6) is 0 Å². The van der Waals surface area contributed by atoms with Crippen molar-refractivity contribution in [3.63, 3.8) is 0 Å². The quantitative estimate of drug-likeness (QED) is 0.871. The summed E-state index contributed by atoms with van der Waals surface area (Å²) in [5.41, 5.74) is 1.23. The van der Waals surface area contributed by atoms with E-state index in [2.05, 4.69) is 10.1 Å². The zero-order valence-corrected chi connectivity index (χ0v) is 12.0. The second-order valence-electron chi connectivity index (χ2n) is 5.26. The van der Waals surface area contributed by atoms with Crippen LogP contribution in [-0.2, 0) is 11.2 Å². The monoisotopic (exact) mass is 289 g/mol. The molecule has 21 heavy (non-hydrogen) atoms. The van der Waals surface area contributed by atoms with E-state index in [0.717, 1.165) is 5.56 Å². The Hall–Kier alpha value is -2.24. The maximum atomic E-state index is 13.9. The average molecular weight is 289 g/mol. The van der Waals surface area contributed by atoms with E-state index in [4.69, 9.17) is 4.52 Å². The molecule has 5 nitrogen and oxygen atoms in total. The van der Waals surface area contributed by atoms with Gasteiger partial charge in [0.15, 0.2) is 5.82 Å². The molecule has 2 aromatic rings. The first-order valence-electron chi connectivity index (χ1n) is 6.97. The summed E-state index contributed by atoms with van der Waals surface area (Å²) in [4.78, 5) is 17.9. The molecule has 1 saturated heterocycles. The summed E-state index contributed by atoms with van der Waals surface area (Å²) < 4.78 is 19.1. The highest BCUT2D eigenvalue weighted by atomic mass is 19.1. The van der Waals surface area contributed by atoms with Crippen molar-refractivity contribution in [1.29, 1.82) is 0 Å². The Labute approximate surface area is 121 Å². The molecule has 0 spiro atoms. The third-order valence-corrected chi connectivity index (χ3v) is 3.67. The van der Waals surface area contributed by atoms with Gasteiger partial charge in [-0.3, -0.25) is 4.79 Å². The molecule has 2 heterocycles. The molecule has 0 saturated carbocycles. The molecular weight excluding hydrogens is 273 g/mol. The van der Waals surface area contributed by atoms with Gasteiger partial charge in [0.05, 0.1) is 11.6 Å². The first-order chi connectivity index (χ1) is 10.1. The van der Waals surface area contributed by atoms with Crippen molar-refractivity contribution in [3.8, 4) is 0 Å². The van der Waals surface area contributed by atoms with E-state index < -0.39 is 5.82 Å². The number of carbonyl (C=O) groups excluding carboxylic acids is 1. The summed E-state index contributed by atoms with van der Waals surface area (Å²) in [5, 5.41) is 3.84. The van der Waals surface area contributed by atoms with Crippen LogP contribution >= 0.6 is 0 Å². The van der Waals surface area contributed by atoms with Crippen molar-refractivity contribution in [2.45, 2.75) is 32.6 Å². The number of halogens is 1. The Morgan fingerprint density at radius 2 is 2.29 bits per heavy atom. The third kappa shape index (κ3) is 2.53. The molecule has 0 radical (unpaired) electrons. The van der Waals surface area contributed by atoms with Crippen LogP contribution in [0, 0.1) is 12.7 Å². The van der Waals surface area contributed by atoms with E-state index in [0.29, 0.717) is 30.4 Å². The van der Waals surface area contributed by atoms with Crippen LogP contribution in [0.3, 0.4) is 0 Å². The number of carbonyl (C=O) groups is 1. The molecule has 1 fully saturated rings. The topological polar surface area (TPSA) is 59.2 Å². The maximum absolute atomic E-state index is 13.9. The highest BCUT2D eigenvalue weighted by molar-refractivity contribution is 5.96. The Balaban J connectivity index is 1.86. The van der Waals surface area contributed by atoms with E-state index in [1.165, 1.54) is 11.0 Å². The minimum absolute atomic E-state index is 0.124. The molecule has 1 atom stereocenters. The average Bonchev–Trinajstić information content (AvgIpc) is 3.08. The second-order valence-corrected chi connectivity index (χ2v) is 5.26. The van der Waals surface area contributed by atoms with E-state index in [1.807, 2.05) is 13.8 Å². The van der Waals surface area contributed by atoms with Crippen molar-refractivity contribution < 1.29 is 13.7 Å². The first kappa shape index (κ1) is 13.7. The van der Waals surface area contributed by atoms with Crippen LogP contribution in [0.15, 0.2) is 22.7 Å². The molecular formula is C15H16FN3O2. The number of rotatable bonds is 3. The molecule has 1 aromatic carbocycles. The predicted molar refractivity (Wildman–Crippen MR) is 74.5 cm³/mol. The third-order valence-electron chi connectivity index (χ3n) is 3.67. The standard InChI is InChI=1S/C15H16FN3O2/c1-3-13-17-15(21-18-13)10-7-14(20)19(8-10)12-6-9(2)4-5-11(12)16/h4-6,10H,3,7-8H2,1-2H3. The van der Waals surface area contributed by atoms with Gasteiger partial charge in [-0.1, -0.05) is 18.1 Å². The zero-order chi connectivity index (χ0) is 15.0. The van der Waals surface area contributed by atoms with Crippen molar-refractivity contribution in [1.82, 2.24) is 10.1 Å². The van der Waals surface area contributed by atoms with Crippen molar-refractivity contribution >= 4 is 11.6 Å². The summed E-state index contributed by atoms with van der Waals surface area (Å²) in [6.07, 6.45) is 0.944. The van der Waals surface area contributed by atoms with Crippen LogP contribution in [0.2, 0.25) is 0 Å². The Bertz CT molecular complexity index is 683. The molecule has 0 N–H and O–H groups in total. The minimum Gasteiger partial charge on any atom is -0.339 e. The zero-order valence-electron chi connectivity index (χ0n) is 12.0. The van der Waals surface area contributed by atoms with Crippen molar-refractivity contribution in [2.24, 2.45) is 0 Å². The molecule has 1 aliphatic rings. The Morgan fingerprint density at radius 1 is 1.48 bits per heavy atom. The number of nitrogens with zero attached hydrogens (tertiary/aromatic N) is 3. The van der Waals surface area contributed by atoms with Gasteiger partial charge in [-0.15, -0.1) is 0 Å². The summed E-state index contributed by atoms with van der Waals surface area (Å²) in [6.45, 7) is 4.17. The maximum Gasteiger partial charge on any atom is 0.232 e. The lowest BCUT2D eigenvalue weighted by molar-refractivity contribution is -0.117. The largest absolute Gasteiger partial charge is 0.339 e. The highest BCUT2D eigenvalue weighted by Gasteiger charge is 2.36. The number of anilines is 1. The van der Waals surface area contributed by atoms with E-state index in [-0.39, 0.29) is 18.2 Å². The molecule has 0 aliphatic carbocycles. The fourth-order valence-corrected chi connectivity index (χ4v) is 2.51. The summed E-state index contributed by atoms with van der Waals surface area (Å²) in [6, 6.07) is 4.75. The number of aryl methyl sites for hydroxylation is 2. The van der Waals surface area contributed by atoms with Gasteiger partial charge in [-0.25, -0.2) is 4.39 Å². The molecule has 1 aromatic heterocycles. The van der Waals surface area contributed by atoms with Crippen LogP contribution in [0.25, 0.3) is 0 Å². The van der Waals surface area contributed by atoms with Gasteiger partial charge in [-0.05, 0) is 24.6 Å². The first-order valence-corrected chi connectivity index (χ1v) is 6.97. The second kappa shape index (κ2) is 5.27. The summed E-state index contributed by atoms with van der Waals surface area (Å²) >= 11 is 0. The van der Waals surface area contributed by atoms with E-state index >= 15 is 0 Å². The normalized spacial score (nSPS) is 18.5. The molecule has 1 unspecified atom stereocenters. The molecule has 3 rings (SSSR count). The minimum atomic E-state index is -0.394. The van der Waals surface area contributed by atoms with Crippen molar-refractivity contribution in [3.05, 3.63) is 41.3 Å². The molecule has 1 aliphatic heterocycles. The van der Waals surface area contributed by atoms with Crippen LogP contribution in [0.4, 0.5) is 10.1 Å². The van der Waals surface area contributed by atoms with Gasteiger partial charge < -0.3 is 9.42 Å². The molecule has 110 valence electrons. The number of hydrogen-bond donors (Lipinski definition) is 0. The fraction of sp³-hybridized carbons (Fsp3) is 0.400. The predicted octanol–water partition coefficient (Wildman–Crippen LogP) is 2.60. The number of aromatic nitrogens is 2. The lowest BCUT2D eigenvalue weighted by Gasteiger charge is -2.17. The van der Waals surface area contributed by atoms with Crippen LogP contribution in [-0.4, -0.2) is 22.6 Å². The Kier molecular flexibility index (Phi) is 3.45. The lowest BCUT2D eigenvalue weighted by atomic mass is 10.1. The van der Waals surface area contributed by atoms with Gasteiger partial charge in [0.2, 0.25) is 11.8 Å². The van der Waals surface area contributed by atoms with Crippen LogP contribution in [0.1, 0.15) is 36.5 Å². The lowest BCUT2D eigenvalue weighted by Crippen LogP contribution is -2.25. The van der Waals surface area contributed by atoms with E-state index in [9.17, 15) is 9.18 Å². The molecule has 0 bridgehead atoms. The number of amides is 1. The van der Waals surface area contributed by atoms with E-state index in [1.54, 1.807) is 12.1 Å². The fourth-order valence-electron chi connectivity index (χ4n) is 2.51. The SMILES string of the molecule is CCc1noc(C2CC(=O)N(c3cc(C)ccc3F)C2)n1. The van der Waals surface area contributed by atoms with Crippen LogP contribution < -0.4 is 4.90 Å². The Morgan fingerprint density at radius 3 is 3.00 bits per heavy atom. The van der Waals surface area contributed by atoms with Gasteiger partial charge in [-0.2, -0.15) is 4.98 Å². The van der Waals surface area contributed by atoms with Gasteiger partial charge in [0.25, 0.3) is 0 Å². The smallest absolute Gasteiger partial charge is 0.232 e. The van der Waals surface area contributed by atoms with Gasteiger partial charge >= 0.3 is 0 Å². The summed E-state index contributed by atoms with van der Waals surface area (Å²) in [5.74, 6) is 0.383. The van der Waals surface area contributed by atoms with Crippen molar-refractivity contribution in [2.75, 3.05) is 11.4 Å². The number of hydrogen-bond acceptors (Lipinski definition) is 4. The van der Waals surface area contributed by atoms with Gasteiger partial charge in [0.1, 0.15) is 5.82 Å².